The van der Waals surface area contributed by atoms with Crippen molar-refractivity contribution >= 4 is 17.8 Å². The molecule has 0 aromatic heterocycles. The Kier molecular flexibility index (Phi) is 4.80. The molecule has 3 aliphatic rings. The van der Waals surface area contributed by atoms with Crippen LogP contribution >= 0.6 is 0 Å². The van der Waals surface area contributed by atoms with Gasteiger partial charge < -0.3 is 16.0 Å². The van der Waals surface area contributed by atoms with Crippen LogP contribution in [-0.2, 0) is 9.59 Å². The minimum absolute atomic E-state index is 0.00929. The summed E-state index contributed by atoms with van der Waals surface area (Å²) in [5, 5.41) is 2.85. The number of piperidine rings is 1. The molecule has 3 fully saturated rings. The minimum atomic E-state index is -0.695. The average Bonchev–Trinajstić information content (AvgIpc) is 3.12. The van der Waals surface area contributed by atoms with Crippen molar-refractivity contribution in [2.24, 2.45) is 11.7 Å². The van der Waals surface area contributed by atoms with E-state index in [1.54, 1.807) is 0 Å². The van der Waals surface area contributed by atoms with E-state index in [2.05, 4.69) is 12.2 Å². The Morgan fingerprint density at radius 3 is 2.67 bits per heavy atom. The van der Waals surface area contributed by atoms with Gasteiger partial charge in [0.1, 0.15) is 5.54 Å². The number of nitrogens with zero attached hydrogens (tertiary/aromatic N) is 2. The molecule has 2 aliphatic heterocycles. The second-order valence-electron chi connectivity index (χ2n) is 7.44. The zero-order valence-corrected chi connectivity index (χ0v) is 14.4. The molecule has 1 aliphatic carbocycles. The van der Waals surface area contributed by atoms with Crippen LogP contribution in [0.2, 0.25) is 0 Å². The van der Waals surface area contributed by atoms with Crippen LogP contribution in [0.1, 0.15) is 51.9 Å². The summed E-state index contributed by atoms with van der Waals surface area (Å²) in [5.41, 5.74) is 5.15. The van der Waals surface area contributed by atoms with Gasteiger partial charge in [-0.1, -0.05) is 19.8 Å². The van der Waals surface area contributed by atoms with Crippen molar-refractivity contribution in [3.05, 3.63) is 0 Å². The van der Waals surface area contributed by atoms with Gasteiger partial charge in [0.25, 0.3) is 5.91 Å². The standard InChI is InChI=1S/C17H28N4O3/c1-12-5-4-9-20(13(12)11-18)14(22)6-10-21-15(23)17(19-16(21)24)7-2-3-8-17/h12-13H,2-11,18H2,1H3,(H,19,24)/t12-,13-/m0/s1. The number of nitrogens with one attached hydrogen (secondary N) is 1. The Balaban J connectivity index is 1.60. The van der Waals surface area contributed by atoms with E-state index in [0.717, 1.165) is 32.2 Å². The van der Waals surface area contributed by atoms with E-state index in [9.17, 15) is 14.4 Å². The predicted molar refractivity (Wildman–Crippen MR) is 89.0 cm³/mol. The number of hydrogen-bond donors (Lipinski definition) is 2. The maximum Gasteiger partial charge on any atom is 0.325 e. The topological polar surface area (TPSA) is 95.7 Å². The molecular weight excluding hydrogens is 308 g/mol. The molecule has 4 amide bonds. The number of nitrogens with two attached hydrogens (primary N) is 1. The number of urea groups is 1. The molecule has 0 radical (unpaired) electrons. The van der Waals surface area contributed by atoms with Crippen molar-refractivity contribution in [2.75, 3.05) is 19.6 Å². The molecule has 2 atom stereocenters. The van der Waals surface area contributed by atoms with Crippen LogP contribution in [0, 0.1) is 5.92 Å². The second kappa shape index (κ2) is 6.70. The lowest BCUT2D eigenvalue weighted by Gasteiger charge is -2.39. The van der Waals surface area contributed by atoms with Crippen LogP contribution in [0.25, 0.3) is 0 Å². The lowest BCUT2D eigenvalue weighted by atomic mass is 9.90. The summed E-state index contributed by atoms with van der Waals surface area (Å²) in [7, 11) is 0. The highest BCUT2D eigenvalue weighted by Crippen LogP contribution is 2.35. The highest BCUT2D eigenvalue weighted by Gasteiger charge is 2.52. The first-order valence-corrected chi connectivity index (χ1v) is 9.12. The fraction of sp³-hybridized carbons (Fsp3) is 0.824. The first kappa shape index (κ1) is 17.2. The lowest BCUT2D eigenvalue weighted by molar-refractivity contribution is -0.137. The summed E-state index contributed by atoms with van der Waals surface area (Å²) in [6, 6.07) is -0.285. The van der Waals surface area contributed by atoms with Gasteiger partial charge in [-0.15, -0.1) is 0 Å². The molecule has 7 heteroatoms. The molecular formula is C17H28N4O3. The molecule has 0 aromatic carbocycles. The first-order chi connectivity index (χ1) is 11.5. The molecule has 3 N–H and O–H groups in total. The van der Waals surface area contributed by atoms with Gasteiger partial charge in [0, 0.05) is 32.1 Å². The van der Waals surface area contributed by atoms with Crippen molar-refractivity contribution in [1.82, 2.24) is 15.1 Å². The number of likely N-dealkylation sites (tertiary alicyclic amines) is 1. The van der Waals surface area contributed by atoms with E-state index < -0.39 is 5.54 Å². The Morgan fingerprint density at radius 2 is 2.00 bits per heavy atom. The van der Waals surface area contributed by atoms with Crippen LogP contribution in [0.15, 0.2) is 0 Å². The summed E-state index contributed by atoms with van der Waals surface area (Å²) < 4.78 is 0. The van der Waals surface area contributed by atoms with E-state index >= 15 is 0 Å². The van der Waals surface area contributed by atoms with Gasteiger partial charge in [0.05, 0.1) is 0 Å². The molecule has 1 spiro atoms. The molecule has 24 heavy (non-hydrogen) atoms. The van der Waals surface area contributed by atoms with Crippen molar-refractivity contribution in [3.8, 4) is 0 Å². The molecule has 7 nitrogen and oxygen atoms in total. The maximum atomic E-state index is 12.6. The number of rotatable bonds is 4. The molecule has 2 saturated heterocycles. The Hall–Kier alpha value is -1.63. The molecule has 0 aromatic rings. The van der Waals surface area contributed by atoms with Gasteiger partial charge in [0.15, 0.2) is 0 Å². The molecule has 134 valence electrons. The maximum absolute atomic E-state index is 12.6. The third kappa shape index (κ3) is 2.90. The van der Waals surface area contributed by atoms with Gasteiger partial charge in [-0.25, -0.2) is 4.79 Å². The smallest absolute Gasteiger partial charge is 0.325 e. The zero-order valence-electron chi connectivity index (χ0n) is 14.4. The fourth-order valence-corrected chi connectivity index (χ4v) is 4.47. The Bertz CT molecular complexity index is 530. The van der Waals surface area contributed by atoms with Gasteiger partial charge >= 0.3 is 6.03 Å². The van der Waals surface area contributed by atoms with E-state index in [4.69, 9.17) is 5.73 Å². The van der Waals surface area contributed by atoms with E-state index in [0.29, 0.717) is 25.3 Å². The van der Waals surface area contributed by atoms with E-state index in [-0.39, 0.29) is 36.9 Å². The monoisotopic (exact) mass is 336 g/mol. The summed E-state index contributed by atoms with van der Waals surface area (Å²) in [6.07, 6.45) is 5.59. The third-order valence-electron chi connectivity index (χ3n) is 5.93. The number of amides is 4. The number of carbonyl (C=O) groups excluding carboxylic acids is 3. The van der Waals surface area contributed by atoms with Crippen LogP contribution in [0.4, 0.5) is 4.79 Å². The summed E-state index contributed by atoms with van der Waals surface area (Å²) in [6.45, 7) is 3.46. The average molecular weight is 336 g/mol. The molecule has 0 unspecified atom stereocenters. The predicted octanol–water partition coefficient (Wildman–Crippen LogP) is 0.827. The fourth-order valence-electron chi connectivity index (χ4n) is 4.47. The summed E-state index contributed by atoms with van der Waals surface area (Å²) in [5.74, 6) is 0.233. The number of hydrogen-bond acceptors (Lipinski definition) is 4. The minimum Gasteiger partial charge on any atom is -0.338 e. The van der Waals surface area contributed by atoms with Crippen LogP contribution in [0.3, 0.4) is 0 Å². The molecule has 0 bridgehead atoms. The van der Waals surface area contributed by atoms with Crippen molar-refractivity contribution < 1.29 is 14.4 Å². The van der Waals surface area contributed by atoms with Crippen molar-refractivity contribution in [2.45, 2.75) is 63.5 Å². The van der Waals surface area contributed by atoms with Gasteiger partial charge in [-0.05, 0) is 31.6 Å². The van der Waals surface area contributed by atoms with Crippen LogP contribution in [0.5, 0.6) is 0 Å². The number of carbonyl (C=O) groups is 3. The van der Waals surface area contributed by atoms with Crippen molar-refractivity contribution in [3.63, 3.8) is 0 Å². The highest BCUT2D eigenvalue weighted by atomic mass is 16.2. The second-order valence-corrected chi connectivity index (χ2v) is 7.44. The summed E-state index contributed by atoms with van der Waals surface area (Å²) >= 11 is 0. The Labute approximate surface area is 142 Å². The number of imide groups is 1. The van der Waals surface area contributed by atoms with E-state index in [1.807, 2.05) is 4.90 Å². The third-order valence-corrected chi connectivity index (χ3v) is 5.93. The Morgan fingerprint density at radius 1 is 1.29 bits per heavy atom. The van der Waals surface area contributed by atoms with Gasteiger partial charge in [-0.2, -0.15) is 0 Å². The highest BCUT2D eigenvalue weighted by molar-refractivity contribution is 6.07. The summed E-state index contributed by atoms with van der Waals surface area (Å²) in [4.78, 5) is 40.4. The van der Waals surface area contributed by atoms with Crippen molar-refractivity contribution in [1.29, 1.82) is 0 Å². The first-order valence-electron chi connectivity index (χ1n) is 9.12. The van der Waals surface area contributed by atoms with Crippen LogP contribution in [-0.4, -0.2) is 58.9 Å². The SMILES string of the molecule is C[C@H]1CCCN(C(=O)CCN2C(=O)NC3(CCCC3)C2=O)[C@H]1CN. The molecule has 1 saturated carbocycles. The largest absolute Gasteiger partial charge is 0.338 e. The zero-order chi connectivity index (χ0) is 17.3. The lowest BCUT2D eigenvalue weighted by Crippen LogP contribution is -2.52. The van der Waals surface area contributed by atoms with Gasteiger partial charge in [0.2, 0.25) is 5.91 Å². The van der Waals surface area contributed by atoms with Gasteiger partial charge in [-0.3, -0.25) is 14.5 Å². The molecule has 3 rings (SSSR count). The van der Waals surface area contributed by atoms with E-state index in [1.165, 1.54) is 4.90 Å². The quantitative estimate of drug-likeness (QED) is 0.743. The molecule has 2 heterocycles. The normalized spacial score (nSPS) is 29.4. The van der Waals surface area contributed by atoms with Crippen LogP contribution < -0.4 is 11.1 Å².